The Hall–Kier alpha value is -2.34. The lowest BCUT2D eigenvalue weighted by Gasteiger charge is -2.16. The lowest BCUT2D eigenvalue weighted by molar-refractivity contribution is -0.126. The smallest absolute Gasteiger partial charge is 0.227 e. The quantitative estimate of drug-likeness (QED) is 0.876. The number of H-pyrrole nitrogens is 1. The summed E-state index contributed by atoms with van der Waals surface area (Å²) in [6.07, 6.45) is 4.26. The number of hydrogen-bond donors (Lipinski definition) is 2. The normalized spacial score (nSPS) is 17.5. The van der Waals surface area contributed by atoms with Gasteiger partial charge in [0, 0.05) is 48.5 Å². The van der Waals surface area contributed by atoms with Gasteiger partial charge in [-0.05, 0) is 24.3 Å². The minimum absolute atomic E-state index is 0.0407. The number of aromatic nitrogens is 2. The highest BCUT2D eigenvalue weighted by Gasteiger charge is 2.34. The maximum atomic E-state index is 12.2. The van der Waals surface area contributed by atoms with Crippen molar-refractivity contribution in [1.82, 2.24) is 15.3 Å². The molecule has 0 radical (unpaired) electrons. The Balaban J connectivity index is 1.54. The van der Waals surface area contributed by atoms with Crippen molar-refractivity contribution in [3.8, 4) is 0 Å². The van der Waals surface area contributed by atoms with Crippen LogP contribution >= 0.6 is 11.6 Å². The summed E-state index contributed by atoms with van der Waals surface area (Å²) in [4.78, 5) is 32.9. The van der Waals surface area contributed by atoms with E-state index in [1.54, 1.807) is 41.7 Å². The number of imidazole rings is 1. The minimum Gasteiger partial charge on any atom is -0.355 e. The summed E-state index contributed by atoms with van der Waals surface area (Å²) in [5, 5.41) is 3.50. The molecule has 2 heterocycles. The van der Waals surface area contributed by atoms with Gasteiger partial charge in [-0.1, -0.05) is 11.6 Å². The Kier molecular flexibility index (Phi) is 4.62. The average Bonchev–Trinajstić information content (AvgIpc) is 3.18. The molecule has 3 rings (SSSR count). The molecule has 1 aromatic carbocycles. The summed E-state index contributed by atoms with van der Waals surface area (Å²) in [6, 6.07) is 7.06. The molecular weight excluding hydrogens is 316 g/mol. The molecule has 1 aromatic heterocycles. The summed E-state index contributed by atoms with van der Waals surface area (Å²) in [7, 11) is 0. The molecule has 2 amide bonds. The lowest BCUT2D eigenvalue weighted by atomic mass is 10.1. The molecule has 0 aliphatic carbocycles. The first-order valence-electron chi connectivity index (χ1n) is 7.44. The summed E-state index contributed by atoms with van der Waals surface area (Å²) < 4.78 is 0. The fourth-order valence-corrected chi connectivity index (χ4v) is 2.77. The number of nitrogens with zero attached hydrogens (tertiary/aromatic N) is 2. The standard InChI is InChI=1S/C16H17ClN4O2/c17-12-1-3-14(4-2-12)21-9-11(7-15(21)22)16(23)19-6-5-13-8-18-10-20-13/h1-4,8,10-11H,5-7,9H2,(H,18,20)(H,19,23). The summed E-state index contributed by atoms with van der Waals surface area (Å²) in [5.74, 6) is -0.449. The molecule has 0 bridgehead atoms. The number of carbonyl (C=O) groups is 2. The van der Waals surface area contributed by atoms with Gasteiger partial charge >= 0.3 is 0 Å². The number of halogens is 1. The molecule has 7 heteroatoms. The van der Waals surface area contributed by atoms with Crippen LogP contribution in [0.25, 0.3) is 0 Å². The van der Waals surface area contributed by atoms with Crippen molar-refractivity contribution in [3.63, 3.8) is 0 Å². The lowest BCUT2D eigenvalue weighted by Crippen LogP contribution is -2.34. The molecule has 2 aromatic rings. The molecule has 1 atom stereocenters. The Morgan fingerprint density at radius 2 is 2.17 bits per heavy atom. The van der Waals surface area contributed by atoms with Gasteiger partial charge in [0.1, 0.15) is 0 Å². The first-order chi connectivity index (χ1) is 11.1. The maximum absolute atomic E-state index is 12.2. The van der Waals surface area contributed by atoms with Crippen molar-refractivity contribution in [1.29, 1.82) is 0 Å². The van der Waals surface area contributed by atoms with E-state index in [0.29, 0.717) is 24.5 Å². The maximum Gasteiger partial charge on any atom is 0.227 e. The number of amides is 2. The highest BCUT2D eigenvalue weighted by atomic mass is 35.5. The van der Waals surface area contributed by atoms with Gasteiger partial charge in [0.15, 0.2) is 0 Å². The predicted octanol–water partition coefficient (Wildman–Crippen LogP) is 1.77. The van der Waals surface area contributed by atoms with E-state index in [9.17, 15) is 9.59 Å². The molecule has 120 valence electrons. The molecule has 0 spiro atoms. The van der Waals surface area contributed by atoms with Crippen LogP contribution in [-0.2, 0) is 16.0 Å². The molecule has 1 aliphatic rings. The van der Waals surface area contributed by atoms with E-state index >= 15 is 0 Å². The summed E-state index contributed by atoms with van der Waals surface area (Å²) >= 11 is 5.86. The van der Waals surface area contributed by atoms with Gasteiger partial charge < -0.3 is 15.2 Å². The zero-order chi connectivity index (χ0) is 16.2. The van der Waals surface area contributed by atoms with E-state index in [-0.39, 0.29) is 24.2 Å². The SMILES string of the molecule is O=C(NCCc1cnc[nH]1)C1CC(=O)N(c2ccc(Cl)cc2)C1. The number of carbonyl (C=O) groups excluding carboxylic acids is 2. The number of aromatic amines is 1. The third-order valence-electron chi connectivity index (χ3n) is 3.88. The minimum atomic E-state index is -0.319. The Morgan fingerprint density at radius 3 is 2.87 bits per heavy atom. The van der Waals surface area contributed by atoms with Crippen molar-refractivity contribution < 1.29 is 9.59 Å². The Bertz CT molecular complexity index is 685. The zero-order valence-electron chi connectivity index (χ0n) is 12.5. The van der Waals surface area contributed by atoms with Crippen LogP contribution in [0.4, 0.5) is 5.69 Å². The van der Waals surface area contributed by atoms with E-state index < -0.39 is 0 Å². The van der Waals surface area contributed by atoms with Crippen LogP contribution in [0.3, 0.4) is 0 Å². The predicted molar refractivity (Wildman–Crippen MR) is 87.2 cm³/mol. The molecule has 1 fully saturated rings. The van der Waals surface area contributed by atoms with E-state index in [2.05, 4.69) is 15.3 Å². The average molecular weight is 333 g/mol. The van der Waals surface area contributed by atoms with Crippen molar-refractivity contribution in [3.05, 3.63) is 47.5 Å². The molecule has 23 heavy (non-hydrogen) atoms. The van der Waals surface area contributed by atoms with Crippen molar-refractivity contribution in [2.24, 2.45) is 5.92 Å². The van der Waals surface area contributed by atoms with Gasteiger partial charge in [0.05, 0.1) is 12.2 Å². The number of hydrogen-bond acceptors (Lipinski definition) is 3. The van der Waals surface area contributed by atoms with Gasteiger partial charge in [-0.3, -0.25) is 9.59 Å². The largest absolute Gasteiger partial charge is 0.355 e. The van der Waals surface area contributed by atoms with Crippen LogP contribution < -0.4 is 10.2 Å². The summed E-state index contributed by atoms with van der Waals surface area (Å²) in [5.41, 5.74) is 1.74. The molecule has 1 unspecified atom stereocenters. The van der Waals surface area contributed by atoms with Crippen molar-refractivity contribution in [2.45, 2.75) is 12.8 Å². The second-order valence-corrected chi connectivity index (χ2v) is 5.94. The molecule has 1 saturated heterocycles. The molecule has 6 nitrogen and oxygen atoms in total. The number of anilines is 1. The van der Waals surface area contributed by atoms with Crippen LogP contribution in [0.15, 0.2) is 36.8 Å². The number of rotatable bonds is 5. The monoisotopic (exact) mass is 332 g/mol. The number of benzene rings is 1. The Labute approximate surface area is 138 Å². The van der Waals surface area contributed by atoms with Gasteiger partial charge in [0.25, 0.3) is 0 Å². The third kappa shape index (κ3) is 3.71. The third-order valence-corrected chi connectivity index (χ3v) is 4.13. The molecule has 2 N–H and O–H groups in total. The topological polar surface area (TPSA) is 78.1 Å². The molecule has 0 saturated carbocycles. The zero-order valence-corrected chi connectivity index (χ0v) is 13.2. The highest BCUT2D eigenvalue weighted by molar-refractivity contribution is 6.30. The first kappa shape index (κ1) is 15.6. The van der Waals surface area contributed by atoms with Gasteiger partial charge in [-0.25, -0.2) is 4.98 Å². The second kappa shape index (κ2) is 6.83. The second-order valence-electron chi connectivity index (χ2n) is 5.50. The van der Waals surface area contributed by atoms with Crippen LogP contribution in [0, 0.1) is 5.92 Å². The van der Waals surface area contributed by atoms with E-state index in [1.807, 2.05) is 0 Å². The van der Waals surface area contributed by atoms with E-state index in [1.165, 1.54) is 0 Å². The molecular formula is C16H17ClN4O2. The summed E-state index contributed by atoms with van der Waals surface area (Å²) in [6.45, 7) is 0.920. The molecule has 1 aliphatic heterocycles. The number of nitrogens with one attached hydrogen (secondary N) is 2. The van der Waals surface area contributed by atoms with Gasteiger partial charge in [0.2, 0.25) is 11.8 Å². The van der Waals surface area contributed by atoms with E-state index in [0.717, 1.165) is 11.4 Å². The van der Waals surface area contributed by atoms with Crippen LogP contribution in [0.5, 0.6) is 0 Å². The van der Waals surface area contributed by atoms with Crippen molar-refractivity contribution >= 4 is 29.1 Å². The van der Waals surface area contributed by atoms with Crippen LogP contribution in [-0.4, -0.2) is 34.9 Å². The fourth-order valence-electron chi connectivity index (χ4n) is 2.64. The fraction of sp³-hybridized carbons (Fsp3) is 0.312. The Morgan fingerprint density at radius 1 is 1.39 bits per heavy atom. The first-order valence-corrected chi connectivity index (χ1v) is 7.82. The van der Waals surface area contributed by atoms with Crippen molar-refractivity contribution in [2.75, 3.05) is 18.0 Å². The van der Waals surface area contributed by atoms with Crippen LogP contribution in [0.2, 0.25) is 5.02 Å². The van der Waals surface area contributed by atoms with Gasteiger partial charge in [-0.15, -0.1) is 0 Å². The van der Waals surface area contributed by atoms with E-state index in [4.69, 9.17) is 11.6 Å². The van der Waals surface area contributed by atoms with Crippen LogP contribution in [0.1, 0.15) is 12.1 Å². The van der Waals surface area contributed by atoms with Gasteiger partial charge in [-0.2, -0.15) is 0 Å². The highest BCUT2D eigenvalue weighted by Crippen LogP contribution is 2.26.